The quantitative estimate of drug-likeness (QED) is 0.261. The van der Waals surface area contributed by atoms with E-state index in [9.17, 15) is 13.2 Å². The number of amides is 1. The highest BCUT2D eigenvalue weighted by Gasteiger charge is 2.51. The first-order valence-electron chi connectivity index (χ1n) is 21.2. The molecule has 3 fully saturated rings. The number of halogens is 1. The number of rotatable bonds is 6. The number of aryl methyl sites for hydroxylation is 1. The molecule has 0 radical (unpaired) electrons. The summed E-state index contributed by atoms with van der Waals surface area (Å²) in [7, 11) is -3.97. The molecule has 10 nitrogen and oxygen atoms in total. The first kappa shape index (κ1) is 40.1. The smallest absolute Gasteiger partial charge is 0.264 e. The zero-order valence-electron chi connectivity index (χ0n) is 33.5. The summed E-state index contributed by atoms with van der Waals surface area (Å²) in [5.74, 6) is 0.476. The van der Waals surface area contributed by atoms with Gasteiger partial charge in [0.2, 0.25) is 10.0 Å². The van der Waals surface area contributed by atoms with Crippen molar-refractivity contribution in [1.29, 1.82) is 0 Å². The molecular formula is C44H61ClN4O6S. The highest BCUT2D eigenvalue weighted by molar-refractivity contribution is 7.90. The summed E-state index contributed by atoms with van der Waals surface area (Å²) in [5.41, 5.74) is 2.91. The standard InChI is InChI=1S/C44H61ClN4O6S/c1-4-5-21-55-44(29-47-18-19-48-20-22-53-27-37(48)26-47)17-6-8-31(2)32(3)56(51,52)46-42(50)34-11-15-41-40(24-34)49(25-35-10-13-39(35)44)28-43(30-54-41)16-7-9-33-23-36(45)12-14-38(33)43/h6,11-12,14-15,17,23-24,31-32,35,37,39H,4-5,7-10,13,16,18-22,25-30H2,1-3H3,(H,46,50)/b17-6+/t31-,32+,35-,37-,39+,43-,44-/m0/s1. The lowest BCUT2D eigenvalue weighted by molar-refractivity contribution is -0.125. The predicted octanol–water partition coefficient (Wildman–Crippen LogP) is 6.46. The van der Waals surface area contributed by atoms with Crippen LogP contribution in [-0.2, 0) is 31.3 Å². The maximum absolute atomic E-state index is 13.7. The van der Waals surface area contributed by atoms with Crippen LogP contribution in [0.15, 0.2) is 48.6 Å². The van der Waals surface area contributed by atoms with Gasteiger partial charge in [-0.2, -0.15) is 0 Å². The van der Waals surface area contributed by atoms with Crippen LogP contribution < -0.4 is 14.4 Å². The maximum atomic E-state index is 13.7. The number of piperazine rings is 1. The number of sulfonamides is 1. The van der Waals surface area contributed by atoms with Gasteiger partial charge in [-0.1, -0.05) is 50.1 Å². The first-order valence-corrected chi connectivity index (χ1v) is 23.1. The highest BCUT2D eigenvalue weighted by atomic mass is 35.5. The Hall–Kier alpha value is -2.67. The van der Waals surface area contributed by atoms with Gasteiger partial charge in [0.25, 0.3) is 5.91 Å². The number of allylic oxidation sites excluding steroid dienone is 1. The largest absolute Gasteiger partial charge is 0.490 e. The van der Waals surface area contributed by atoms with E-state index in [-0.39, 0.29) is 17.3 Å². The lowest BCUT2D eigenvalue weighted by Crippen LogP contribution is -2.63. The van der Waals surface area contributed by atoms with Crippen LogP contribution in [0.3, 0.4) is 0 Å². The SMILES string of the molecule is CCCCO[C@]1(CN2CCN3CCOC[C@@H]3C2)/C=C/C[C@H](C)[C@@H](C)S(=O)(=O)NC(=O)c2ccc3c(c2)N(C[C@@H]2CC[C@H]21)C[C@@]1(CCCc2cc(Cl)ccc21)CO3. The third-order valence-electron chi connectivity index (χ3n) is 14.1. The molecule has 306 valence electrons. The number of carbonyl (C=O) groups is 1. The molecule has 8 rings (SSSR count). The summed E-state index contributed by atoms with van der Waals surface area (Å²) in [4.78, 5) is 21.4. The third-order valence-corrected chi connectivity index (χ3v) is 16.2. The van der Waals surface area contributed by atoms with Gasteiger partial charge in [0.15, 0.2) is 0 Å². The van der Waals surface area contributed by atoms with Crippen molar-refractivity contribution in [2.24, 2.45) is 17.8 Å². The van der Waals surface area contributed by atoms with Crippen molar-refractivity contribution >= 4 is 33.2 Å². The highest BCUT2D eigenvalue weighted by Crippen LogP contribution is 2.49. The van der Waals surface area contributed by atoms with Crippen LogP contribution in [0.2, 0.25) is 5.02 Å². The number of fused-ring (bicyclic) bond motifs is 5. The van der Waals surface area contributed by atoms with Gasteiger partial charge in [0, 0.05) is 74.5 Å². The van der Waals surface area contributed by atoms with E-state index >= 15 is 0 Å². The number of unbranched alkanes of at least 4 members (excludes halogenated alkanes) is 1. The Balaban J connectivity index is 1.20. The Bertz CT molecular complexity index is 1890. The minimum Gasteiger partial charge on any atom is -0.490 e. The Morgan fingerprint density at radius 2 is 1.95 bits per heavy atom. The van der Waals surface area contributed by atoms with Crippen molar-refractivity contribution in [2.45, 2.75) is 94.4 Å². The molecule has 2 aliphatic carbocycles. The van der Waals surface area contributed by atoms with Crippen molar-refractivity contribution in [3.63, 3.8) is 0 Å². The lowest BCUT2D eigenvalue weighted by Gasteiger charge is -2.53. The van der Waals surface area contributed by atoms with Crippen LogP contribution >= 0.6 is 11.6 Å². The van der Waals surface area contributed by atoms with Crippen molar-refractivity contribution in [2.75, 3.05) is 77.1 Å². The molecule has 7 atom stereocenters. The van der Waals surface area contributed by atoms with Gasteiger partial charge in [-0.15, -0.1) is 0 Å². The monoisotopic (exact) mass is 808 g/mol. The second-order valence-electron chi connectivity index (χ2n) is 17.7. The average molecular weight is 810 g/mol. The third kappa shape index (κ3) is 8.02. The molecule has 12 heteroatoms. The molecule has 2 aromatic carbocycles. The van der Waals surface area contributed by atoms with Gasteiger partial charge in [0.1, 0.15) is 11.4 Å². The predicted molar refractivity (Wildman–Crippen MR) is 221 cm³/mol. The molecule has 1 N–H and O–H groups in total. The Labute approximate surface area is 339 Å². The molecular weight excluding hydrogens is 748 g/mol. The average Bonchev–Trinajstić information content (AvgIpc) is 3.32. The Kier molecular flexibility index (Phi) is 11.8. The molecule has 0 unspecified atom stereocenters. The number of nitrogens with zero attached hydrogens (tertiary/aromatic N) is 3. The van der Waals surface area contributed by atoms with Gasteiger partial charge in [-0.25, -0.2) is 13.1 Å². The molecule has 2 aromatic rings. The van der Waals surface area contributed by atoms with E-state index in [1.165, 1.54) is 11.1 Å². The summed E-state index contributed by atoms with van der Waals surface area (Å²) in [6.45, 7) is 14.9. The fourth-order valence-electron chi connectivity index (χ4n) is 10.4. The molecule has 6 aliphatic rings. The second-order valence-corrected chi connectivity index (χ2v) is 20.2. The van der Waals surface area contributed by atoms with Crippen LogP contribution in [0.5, 0.6) is 5.75 Å². The summed E-state index contributed by atoms with van der Waals surface area (Å²) >= 11 is 6.54. The summed E-state index contributed by atoms with van der Waals surface area (Å²) in [5, 5.41) is -0.0317. The van der Waals surface area contributed by atoms with Crippen LogP contribution in [0.25, 0.3) is 0 Å². The number of hydrogen-bond acceptors (Lipinski definition) is 9. The summed E-state index contributed by atoms with van der Waals surface area (Å²) in [6.07, 6.45) is 12.2. The van der Waals surface area contributed by atoms with Crippen LogP contribution in [0, 0.1) is 17.8 Å². The fraction of sp³-hybridized carbons (Fsp3) is 0.659. The fourth-order valence-corrected chi connectivity index (χ4v) is 11.9. The molecule has 0 aromatic heterocycles. The van der Waals surface area contributed by atoms with E-state index in [0.717, 1.165) is 120 Å². The zero-order valence-corrected chi connectivity index (χ0v) is 35.1. The minimum absolute atomic E-state index is 0.224. The van der Waals surface area contributed by atoms with Crippen molar-refractivity contribution < 1.29 is 27.4 Å². The number of ether oxygens (including phenoxy) is 3. The van der Waals surface area contributed by atoms with Gasteiger partial charge >= 0.3 is 0 Å². The number of nitrogens with one attached hydrogen (secondary N) is 1. The Morgan fingerprint density at radius 3 is 2.77 bits per heavy atom. The summed E-state index contributed by atoms with van der Waals surface area (Å²) < 4.78 is 49.9. The number of hydrogen-bond donors (Lipinski definition) is 1. The minimum atomic E-state index is -3.97. The Morgan fingerprint density at radius 1 is 1.07 bits per heavy atom. The molecule has 1 amide bonds. The van der Waals surface area contributed by atoms with Crippen molar-refractivity contribution in [1.82, 2.24) is 14.5 Å². The second kappa shape index (κ2) is 16.5. The summed E-state index contributed by atoms with van der Waals surface area (Å²) in [6, 6.07) is 12.1. The van der Waals surface area contributed by atoms with Gasteiger partial charge in [0.05, 0.1) is 30.8 Å². The normalized spacial score (nSPS) is 34.2. The van der Waals surface area contributed by atoms with E-state index in [1.807, 2.05) is 25.1 Å². The molecule has 4 aliphatic heterocycles. The molecule has 56 heavy (non-hydrogen) atoms. The number of benzene rings is 2. The van der Waals surface area contributed by atoms with Gasteiger partial charge in [-0.3, -0.25) is 14.6 Å². The first-order chi connectivity index (χ1) is 27.0. The van der Waals surface area contributed by atoms with Crippen LogP contribution in [0.4, 0.5) is 5.69 Å². The van der Waals surface area contributed by atoms with Crippen LogP contribution in [0.1, 0.15) is 87.2 Å². The number of carbonyl (C=O) groups excluding carboxylic acids is 1. The van der Waals surface area contributed by atoms with Crippen LogP contribution in [-0.4, -0.2) is 113 Å². The topological polar surface area (TPSA) is 101 Å². The van der Waals surface area contributed by atoms with Crippen molar-refractivity contribution in [3.05, 3.63) is 70.3 Å². The van der Waals surface area contributed by atoms with Gasteiger partial charge in [-0.05, 0) is 111 Å². The van der Waals surface area contributed by atoms with E-state index in [0.29, 0.717) is 37.2 Å². The van der Waals surface area contributed by atoms with E-state index in [2.05, 4.69) is 50.6 Å². The molecule has 2 bridgehead atoms. The van der Waals surface area contributed by atoms with Crippen molar-refractivity contribution in [3.8, 4) is 5.75 Å². The van der Waals surface area contributed by atoms with Gasteiger partial charge < -0.3 is 19.1 Å². The van der Waals surface area contributed by atoms with E-state index < -0.39 is 26.8 Å². The maximum Gasteiger partial charge on any atom is 0.264 e. The molecule has 2 saturated heterocycles. The molecule has 1 saturated carbocycles. The van der Waals surface area contributed by atoms with E-state index in [4.69, 9.17) is 25.8 Å². The van der Waals surface area contributed by atoms with E-state index in [1.54, 1.807) is 13.0 Å². The molecule has 1 spiro atoms. The number of anilines is 1. The number of morpholine rings is 1. The lowest BCUT2D eigenvalue weighted by atomic mass is 9.63. The molecule has 4 heterocycles. The zero-order chi connectivity index (χ0) is 39.1.